The minimum atomic E-state index is -0.913. The van der Waals surface area contributed by atoms with Crippen LogP contribution in [0.1, 0.15) is 43.1 Å². The van der Waals surface area contributed by atoms with Crippen molar-refractivity contribution in [2.24, 2.45) is 5.92 Å². The van der Waals surface area contributed by atoms with Crippen molar-refractivity contribution in [3.8, 4) is 0 Å². The number of carbonyl (C=O) groups excluding carboxylic acids is 1. The number of hydrogen-bond donors (Lipinski definition) is 1. The van der Waals surface area contributed by atoms with Gasteiger partial charge >= 0.3 is 12.1 Å². The molecule has 1 aromatic carbocycles. The number of carboxylic acids is 1. The van der Waals surface area contributed by atoms with E-state index < -0.39 is 11.6 Å². The van der Waals surface area contributed by atoms with Crippen LogP contribution in [0.2, 0.25) is 0 Å². The highest BCUT2D eigenvalue weighted by Gasteiger charge is 2.29. The molecule has 0 bridgehead atoms. The quantitative estimate of drug-likeness (QED) is 0.931. The van der Waals surface area contributed by atoms with Crippen LogP contribution >= 0.6 is 0 Å². The minimum absolute atomic E-state index is 0.253. The minimum Gasteiger partial charge on any atom is -0.478 e. The average molecular weight is 305 g/mol. The van der Waals surface area contributed by atoms with Crippen LogP contribution in [0.4, 0.5) is 4.79 Å². The van der Waals surface area contributed by atoms with Gasteiger partial charge in [0.05, 0.1) is 5.56 Å². The molecule has 0 unspecified atom stereocenters. The molecule has 1 fully saturated rings. The number of carboxylic acid groups (broad SMARTS) is 1. The lowest BCUT2D eigenvalue weighted by molar-refractivity contribution is 0.0288. The van der Waals surface area contributed by atoms with Gasteiger partial charge in [0.25, 0.3) is 0 Å². The van der Waals surface area contributed by atoms with Gasteiger partial charge in [-0.15, -0.1) is 0 Å². The van der Waals surface area contributed by atoms with E-state index in [9.17, 15) is 9.59 Å². The lowest BCUT2D eigenvalue weighted by atomic mass is 9.98. The van der Waals surface area contributed by atoms with E-state index in [1.165, 1.54) is 0 Å². The maximum Gasteiger partial charge on any atom is 0.410 e. The molecular weight excluding hydrogens is 282 g/mol. The molecule has 1 aromatic rings. The molecule has 1 aliphatic heterocycles. The zero-order valence-electron chi connectivity index (χ0n) is 13.3. The highest BCUT2D eigenvalue weighted by atomic mass is 16.6. The summed E-state index contributed by atoms with van der Waals surface area (Å²) in [6.07, 6.45) is 1.54. The Morgan fingerprint density at radius 1 is 1.27 bits per heavy atom. The molecule has 1 aliphatic rings. The molecule has 1 heterocycles. The monoisotopic (exact) mass is 305 g/mol. The molecule has 5 heteroatoms. The summed E-state index contributed by atoms with van der Waals surface area (Å²) in [7, 11) is 0. The zero-order valence-corrected chi connectivity index (χ0v) is 13.3. The van der Waals surface area contributed by atoms with Crippen LogP contribution in [0.15, 0.2) is 24.3 Å². The second-order valence-electron chi connectivity index (χ2n) is 6.79. The summed E-state index contributed by atoms with van der Waals surface area (Å²) < 4.78 is 5.38. The van der Waals surface area contributed by atoms with E-state index in [0.717, 1.165) is 18.4 Å². The number of nitrogens with zero attached hydrogens (tertiary/aromatic N) is 1. The third-order valence-electron chi connectivity index (χ3n) is 3.66. The summed E-state index contributed by atoms with van der Waals surface area (Å²) in [5.74, 6) is -0.522. The topological polar surface area (TPSA) is 66.8 Å². The van der Waals surface area contributed by atoms with E-state index in [0.29, 0.717) is 24.6 Å². The van der Waals surface area contributed by atoms with Gasteiger partial charge in [0.1, 0.15) is 5.60 Å². The molecule has 0 aliphatic carbocycles. The fourth-order valence-corrected chi connectivity index (χ4v) is 2.61. The molecule has 0 saturated carbocycles. The largest absolute Gasteiger partial charge is 0.478 e. The summed E-state index contributed by atoms with van der Waals surface area (Å²) in [6, 6.07) is 6.94. The number of carbonyl (C=O) groups is 2. The Hall–Kier alpha value is -2.04. The Balaban J connectivity index is 1.88. The molecule has 5 nitrogen and oxygen atoms in total. The normalized spacial score (nSPS) is 18.3. The Morgan fingerprint density at radius 2 is 1.91 bits per heavy atom. The summed E-state index contributed by atoms with van der Waals surface area (Å²) in [5, 5.41) is 8.89. The van der Waals surface area contributed by atoms with E-state index in [4.69, 9.17) is 9.84 Å². The zero-order chi connectivity index (χ0) is 16.3. The second-order valence-corrected chi connectivity index (χ2v) is 6.79. The van der Waals surface area contributed by atoms with E-state index in [2.05, 4.69) is 0 Å². The summed E-state index contributed by atoms with van der Waals surface area (Å²) >= 11 is 0. The van der Waals surface area contributed by atoms with Gasteiger partial charge in [-0.25, -0.2) is 9.59 Å². The van der Waals surface area contributed by atoms with Crippen LogP contribution in [0.25, 0.3) is 0 Å². The Kier molecular flexibility index (Phi) is 4.74. The van der Waals surface area contributed by atoms with Crippen molar-refractivity contribution in [2.75, 3.05) is 13.1 Å². The highest BCUT2D eigenvalue weighted by molar-refractivity contribution is 5.87. The molecule has 1 saturated heterocycles. The molecule has 0 spiro atoms. The number of benzene rings is 1. The van der Waals surface area contributed by atoms with Gasteiger partial charge < -0.3 is 14.7 Å². The van der Waals surface area contributed by atoms with Crippen molar-refractivity contribution < 1.29 is 19.4 Å². The fraction of sp³-hybridized carbons (Fsp3) is 0.529. The SMILES string of the molecule is CC(C)(C)OC(=O)N1CC[C@@H](Cc2ccc(C(=O)O)cc2)C1. The third-order valence-corrected chi connectivity index (χ3v) is 3.66. The van der Waals surface area contributed by atoms with Gasteiger partial charge in [-0.3, -0.25) is 0 Å². The van der Waals surface area contributed by atoms with E-state index in [1.54, 1.807) is 17.0 Å². The van der Waals surface area contributed by atoms with E-state index >= 15 is 0 Å². The average Bonchev–Trinajstić information content (AvgIpc) is 2.86. The van der Waals surface area contributed by atoms with Crippen molar-refractivity contribution in [1.29, 1.82) is 0 Å². The first-order valence-corrected chi connectivity index (χ1v) is 7.55. The smallest absolute Gasteiger partial charge is 0.410 e. The van der Waals surface area contributed by atoms with Gasteiger partial charge in [0.15, 0.2) is 0 Å². The van der Waals surface area contributed by atoms with Crippen LogP contribution < -0.4 is 0 Å². The molecule has 1 N–H and O–H groups in total. The second kappa shape index (κ2) is 6.38. The Bertz CT molecular complexity index is 545. The lowest BCUT2D eigenvalue weighted by Gasteiger charge is -2.24. The first kappa shape index (κ1) is 16.3. The number of aromatic carboxylic acids is 1. The predicted octanol–water partition coefficient (Wildman–Crippen LogP) is 3.18. The van der Waals surface area contributed by atoms with E-state index in [1.807, 2.05) is 32.9 Å². The fourth-order valence-electron chi connectivity index (χ4n) is 2.61. The number of amides is 1. The van der Waals surface area contributed by atoms with Gasteiger partial charge in [0, 0.05) is 13.1 Å². The van der Waals surface area contributed by atoms with Gasteiger partial charge in [-0.2, -0.15) is 0 Å². The molecule has 0 radical (unpaired) electrons. The van der Waals surface area contributed by atoms with Crippen molar-refractivity contribution in [3.05, 3.63) is 35.4 Å². The molecule has 22 heavy (non-hydrogen) atoms. The van der Waals surface area contributed by atoms with Crippen molar-refractivity contribution in [2.45, 2.75) is 39.2 Å². The van der Waals surface area contributed by atoms with Crippen LogP contribution in [-0.2, 0) is 11.2 Å². The summed E-state index contributed by atoms with van der Waals surface area (Å²) in [4.78, 5) is 24.6. The first-order chi connectivity index (χ1) is 10.2. The van der Waals surface area contributed by atoms with Crippen molar-refractivity contribution in [3.63, 3.8) is 0 Å². The molecule has 120 valence electrons. The van der Waals surface area contributed by atoms with Crippen molar-refractivity contribution in [1.82, 2.24) is 4.90 Å². The van der Waals surface area contributed by atoms with Gasteiger partial charge in [-0.1, -0.05) is 12.1 Å². The number of rotatable bonds is 3. The number of ether oxygens (including phenoxy) is 1. The van der Waals surface area contributed by atoms with Crippen LogP contribution in [0, 0.1) is 5.92 Å². The summed E-state index contributed by atoms with van der Waals surface area (Å²) in [5.41, 5.74) is 0.925. The predicted molar refractivity (Wildman–Crippen MR) is 83.0 cm³/mol. The molecule has 0 aromatic heterocycles. The summed E-state index contributed by atoms with van der Waals surface area (Å²) in [6.45, 7) is 7.00. The van der Waals surface area contributed by atoms with Crippen LogP contribution in [0.3, 0.4) is 0 Å². The number of likely N-dealkylation sites (tertiary alicyclic amines) is 1. The lowest BCUT2D eigenvalue weighted by Crippen LogP contribution is -2.35. The number of hydrogen-bond acceptors (Lipinski definition) is 3. The maximum atomic E-state index is 12.0. The molecule has 1 atom stereocenters. The van der Waals surface area contributed by atoms with E-state index in [-0.39, 0.29) is 6.09 Å². The highest BCUT2D eigenvalue weighted by Crippen LogP contribution is 2.23. The Labute approximate surface area is 130 Å². The third kappa shape index (κ3) is 4.48. The standard InChI is InChI=1S/C17H23NO4/c1-17(2,3)22-16(21)18-9-8-13(11-18)10-12-4-6-14(7-5-12)15(19)20/h4-7,13H,8-11H2,1-3H3,(H,19,20)/t13-/m0/s1. The van der Waals surface area contributed by atoms with Gasteiger partial charge in [-0.05, 0) is 57.2 Å². The molecular formula is C17H23NO4. The maximum absolute atomic E-state index is 12.0. The molecule has 1 amide bonds. The molecule has 2 rings (SSSR count). The van der Waals surface area contributed by atoms with Crippen LogP contribution in [-0.4, -0.2) is 40.8 Å². The first-order valence-electron chi connectivity index (χ1n) is 7.55. The Morgan fingerprint density at radius 3 is 2.45 bits per heavy atom. The van der Waals surface area contributed by atoms with Crippen molar-refractivity contribution >= 4 is 12.1 Å². The van der Waals surface area contributed by atoms with Crippen LogP contribution in [0.5, 0.6) is 0 Å². The van der Waals surface area contributed by atoms with Gasteiger partial charge in [0.2, 0.25) is 0 Å².